The minimum atomic E-state index is -0.335. The number of rotatable bonds is 6. The average Bonchev–Trinajstić information content (AvgIpc) is 3.29. The molecule has 0 saturated heterocycles. The largest absolute Gasteiger partial charge is 0.380 e. The molecule has 0 spiro atoms. The third-order valence-electron chi connectivity index (χ3n) is 4.96. The van der Waals surface area contributed by atoms with E-state index in [0.29, 0.717) is 35.9 Å². The van der Waals surface area contributed by atoms with E-state index >= 15 is 0 Å². The highest BCUT2D eigenvalue weighted by atomic mass is 19.1. The lowest BCUT2D eigenvalue weighted by Crippen LogP contribution is -2.19. The minimum absolute atomic E-state index is 0.0170. The topological polar surface area (TPSA) is 74.0 Å². The number of anilines is 1. The van der Waals surface area contributed by atoms with Gasteiger partial charge in [-0.3, -0.25) is 9.48 Å². The smallest absolute Gasteiger partial charge is 0.275 e. The van der Waals surface area contributed by atoms with Crippen LogP contribution in [0.15, 0.2) is 41.3 Å². The molecule has 0 aliphatic carbocycles. The maximum Gasteiger partial charge on any atom is 0.275 e. The second-order valence-electron chi connectivity index (χ2n) is 6.83. The fraction of sp³-hybridized carbons (Fsp3) is 0.350. The van der Waals surface area contributed by atoms with Crippen molar-refractivity contribution >= 4 is 5.95 Å². The van der Waals surface area contributed by atoms with E-state index in [-0.39, 0.29) is 17.5 Å². The lowest BCUT2D eigenvalue weighted by molar-refractivity contribution is 0.128. The quantitative estimate of drug-likeness (QED) is 0.709. The maximum absolute atomic E-state index is 13.4. The van der Waals surface area contributed by atoms with Crippen molar-refractivity contribution in [2.75, 3.05) is 19.0 Å². The van der Waals surface area contributed by atoms with Gasteiger partial charge < -0.3 is 10.1 Å². The van der Waals surface area contributed by atoms with E-state index in [1.807, 2.05) is 11.6 Å². The Balaban J connectivity index is 1.81. The molecule has 146 valence electrons. The Bertz CT molecular complexity index is 1040. The van der Waals surface area contributed by atoms with Crippen LogP contribution >= 0.6 is 0 Å². The number of ether oxygens (including phenoxy) is 1. The summed E-state index contributed by atoms with van der Waals surface area (Å²) in [5.74, 6) is 0.135. The molecule has 8 heteroatoms. The molecule has 3 heterocycles. The van der Waals surface area contributed by atoms with Crippen molar-refractivity contribution in [3.8, 4) is 22.5 Å². The summed E-state index contributed by atoms with van der Waals surface area (Å²) in [4.78, 5) is 21.9. The normalized spacial score (nSPS) is 14.1. The molecule has 1 atom stereocenters. The first-order valence-electron chi connectivity index (χ1n) is 9.28. The highest BCUT2D eigenvalue weighted by Gasteiger charge is 2.26. The van der Waals surface area contributed by atoms with Crippen LogP contribution in [0, 0.1) is 5.82 Å². The molecule has 7 nitrogen and oxygen atoms in total. The van der Waals surface area contributed by atoms with E-state index in [4.69, 9.17) is 4.74 Å². The third-order valence-corrected chi connectivity index (χ3v) is 4.96. The van der Waals surface area contributed by atoms with Gasteiger partial charge in [0.05, 0.1) is 23.1 Å². The molecule has 0 bridgehead atoms. The molecule has 28 heavy (non-hydrogen) atoms. The van der Waals surface area contributed by atoms with Crippen LogP contribution < -0.4 is 10.9 Å². The zero-order chi connectivity index (χ0) is 19.7. The van der Waals surface area contributed by atoms with Crippen LogP contribution in [0.3, 0.4) is 0 Å². The summed E-state index contributed by atoms with van der Waals surface area (Å²) < 4.78 is 22.3. The number of nitrogens with zero attached hydrogens (tertiary/aromatic N) is 4. The van der Waals surface area contributed by atoms with Crippen LogP contribution in [0.5, 0.6) is 0 Å². The second kappa shape index (κ2) is 7.55. The summed E-state index contributed by atoms with van der Waals surface area (Å²) in [5, 5.41) is 3.16. The SMILES string of the molecule is COC(C)CNc1nccc(-c2c(-c3ccc(F)cc3)c(=O)n3n2CCC3)n1. The fourth-order valence-electron chi connectivity index (χ4n) is 3.45. The van der Waals surface area contributed by atoms with Gasteiger partial charge in [0.25, 0.3) is 5.56 Å². The van der Waals surface area contributed by atoms with Crippen molar-refractivity contribution in [3.63, 3.8) is 0 Å². The zero-order valence-electron chi connectivity index (χ0n) is 15.9. The predicted octanol–water partition coefficient (Wildman–Crippen LogP) is 2.76. The lowest BCUT2D eigenvalue weighted by atomic mass is 10.0. The van der Waals surface area contributed by atoms with Crippen LogP contribution in [0.25, 0.3) is 22.5 Å². The van der Waals surface area contributed by atoms with Gasteiger partial charge in [0.1, 0.15) is 5.82 Å². The van der Waals surface area contributed by atoms with Gasteiger partial charge in [-0.2, -0.15) is 0 Å². The number of hydrogen-bond donors (Lipinski definition) is 1. The van der Waals surface area contributed by atoms with Gasteiger partial charge in [-0.15, -0.1) is 0 Å². The number of nitrogens with one attached hydrogen (secondary N) is 1. The number of benzene rings is 1. The Morgan fingerprint density at radius 1 is 1.21 bits per heavy atom. The van der Waals surface area contributed by atoms with Gasteiger partial charge in [0, 0.05) is 32.9 Å². The summed E-state index contributed by atoms with van der Waals surface area (Å²) >= 11 is 0. The Kier molecular flexibility index (Phi) is 4.95. The summed E-state index contributed by atoms with van der Waals surface area (Å²) in [7, 11) is 1.65. The average molecular weight is 383 g/mol. The van der Waals surface area contributed by atoms with Gasteiger partial charge in [-0.25, -0.2) is 19.0 Å². The van der Waals surface area contributed by atoms with E-state index in [1.165, 1.54) is 12.1 Å². The molecule has 1 aliphatic heterocycles. The summed E-state index contributed by atoms with van der Waals surface area (Å²) in [6.07, 6.45) is 2.58. The number of fused-ring (bicyclic) bond motifs is 1. The van der Waals surface area contributed by atoms with Crippen LogP contribution in [-0.2, 0) is 17.8 Å². The fourth-order valence-corrected chi connectivity index (χ4v) is 3.45. The molecule has 3 aromatic rings. The highest BCUT2D eigenvalue weighted by molar-refractivity contribution is 5.79. The van der Waals surface area contributed by atoms with E-state index < -0.39 is 0 Å². The number of aromatic nitrogens is 4. The lowest BCUT2D eigenvalue weighted by Gasteiger charge is -2.12. The molecule has 4 rings (SSSR count). The van der Waals surface area contributed by atoms with Crippen molar-refractivity contribution < 1.29 is 9.13 Å². The van der Waals surface area contributed by atoms with Gasteiger partial charge in [0.15, 0.2) is 0 Å². The first kappa shape index (κ1) is 18.4. The second-order valence-corrected chi connectivity index (χ2v) is 6.83. The molecule has 1 unspecified atom stereocenters. The van der Waals surface area contributed by atoms with E-state index in [2.05, 4.69) is 15.3 Å². The van der Waals surface area contributed by atoms with Gasteiger partial charge in [-0.1, -0.05) is 12.1 Å². The third kappa shape index (κ3) is 3.31. The summed E-state index contributed by atoms with van der Waals surface area (Å²) in [6.45, 7) is 3.91. The predicted molar refractivity (Wildman–Crippen MR) is 105 cm³/mol. The van der Waals surface area contributed by atoms with E-state index in [1.54, 1.807) is 36.2 Å². The van der Waals surface area contributed by atoms with Crippen molar-refractivity contribution in [3.05, 3.63) is 52.7 Å². The Morgan fingerprint density at radius 3 is 2.71 bits per heavy atom. The van der Waals surface area contributed by atoms with Crippen LogP contribution in [-0.4, -0.2) is 39.1 Å². The van der Waals surface area contributed by atoms with Gasteiger partial charge >= 0.3 is 0 Å². The van der Waals surface area contributed by atoms with Gasteiger partial charge in [0.2, 0.25) is 5.95 Å². The van der Waals surface area contributed by atoms with E-state index in [9.17, 15) is 9.18 Å². The standard InChI is InChI=1S/C20H22FN5O2/c1-13(28-2)12-23-20-22-9-8-16(24-20)18-17(14-4-6-15(21)7-5-14)19(27)26-11-3-10-25(18)26/h4-9,13H,3,10-12H2,1-2H3,(H,22,23,24). The Labute approximate surface area is 161 Å². The molecule has 1 N–H and O–H groups in total. The first-order valence-corrected chi connectivity index (χ1v) is 9.28. The molecular formula is C20H22FN5O2. The molecule has 0 amide bonds. The monoisotopic (exact) mass is 383 g/mol. The molecule has 2 aromatic heterocycles. The minimum Gasteiger partial charge on any atom is -0.380 e. The van der Waals surface area contributed by atoms with Gasteiger partial charge in [-0.05, 0) is 37.1 Å². The van der Waals surface area contributed by atoms with Crippen LogP contribution in [0.1, 0.15) is 13.3 Å². The first-order chi connectivity index (χ1) is 13.6. The molecule has 1 aromatic carbocycles. The van der Waals surface area contributed by atoms with Crippen molar-refractivity contribution in [2.45, 2.75) is 32.5 Å². The molecule has 1 aliphatic rings. The summed E-state index contributed by atoms with van der Waals surface area (Å²) in [5.41, 5.74) is 2.52. The van der Waals surface area contributed by atoms with Crippen LogP contribution in [0.2, 0.25) is 0 Å². The van der Waals surface area contributed by atoms with Crippen LogP contribution in [0.4, 0.5) is 10.3 Å². The van der Waals surface area contributed by atoms with Crippen molar-refractivity contribution in [2.24, 2.45) is 0 Å². The zero-order valence-corrected chi connectivity index (χ0v) is 15.9. The van der Waals surface area contributed by atoms with Crippen molar-refractivity contribution in [1.82, 2.24) is 19.3 Å². The Morgan fingerprint density at radius 2 is 1.96 bits per heavy atom. The Hall–Kier alpha value is -3.00. The maximum atomic E-state index is 13.4. The highest BCUT2D eigenvalue weighted by Crippen LogP contribution is 2.31. The number of hydrogen-bond acceptors (Lipinski definition) is 5. The number of halogens is 1. The number of methoxy groups -OCH3 is 1. The molecule has 0 fully saturated rings. The van der Waals surface area contributed by atoms with E-state index in [0.717, 1.165) is 18.7 Å². The molecular weight excluding hydrogens is 361 g/mol. The summed E-state index contributed by atoms with van der Waals surface area (Å²) in [6, 6.07) is 7.79. The van der Waals surface area contributed by atoms with Crippen molar-refractivity contribution in [1.29, 1.82) is 0 Å². The molecule has 0 radical (unpaired) electrons. The molecule has 0 saturated carbocycles.